The first-order valence-corrected chi connectivity index (χ1v) is 6.79. The monoisotopic (exact) mass is 272 g/mol. The fourth-order valence-electron chi connectivity index (χ4n) is 3.00. The van der Waals surface area contributed by atoms with Crippen LogP contribution in [0.5, 0.6) is 0 Å². The Hall–Kier alpha value is -2.17. The number of imide groups is 1. The average Bonchev–Trinajstić information content (AvgIpc) is 2.74. The number of likely N-dealkylation sites (tertiary alicyclic amines) is 1. The number of amides is 3. The molecule has 1 spiro atoms. The van der Waals surface area contributed by atoms with Crippen molar-refractivity contribution in [3.05, 3.63) is 35.9 Å². The maximum atomic E-state index is 12.3. The highest BCUT2D eigenvalue weighted by molar-refractivity contribution is 6.06. The molecule has 1 aromatic rings. The van der Waals surface area contributed by atoms with Gasteiger partial charge in [-0.05, 0) is 25.0 Å². The zero-order valence-corrected chi connectivity index (χ0v) is 11.1. The third kappa shape index (κ3) is 2.09. The van der Waals surface area contributed by atoms with Crippen LogP contribution in [-0.2, 0) is 9.59 Å². The van der Waals surface area contributed by atoms with Crippen LogP contribution in [0.25, 0.3) is 0 Å². The maximum absolute atomic E-state index is 12.3. The Bertz CT molecular complexity index is 560. The first-order valence-electron chi connectivity index (χ1n) is 6.79. The fourth-order valence-corrected chi connectivity index (χ4v) is 3.00. The van der Waals surface area contributed by atoms with Gasteiger partial charge in [0.25, 0.3) is 5.91 Å². The van der Waals surface area contributed by atoms with Crippen molar-refractivity contribution in [2.24, 2.45) is 5.41 Å². The van der Waals surface area contributed by atoms with Crippen LogP contribution in [0.4, 0.5) is 0 Å². The molecule has 2 fully saturated rings. The lowest BCUT2D eigenvalue weighted by atomic mass is 9.77. The first kappa shape index (κ1) is 12.8. The second-order valence-corrected chi connectivity index (χ2v) is 5.49. The molecule has 0 atom stereocenters. The van der Waals surface area contributed by atoms with Crippen LogP contribution in [0.3, 0.4) is 0 Å². The Morgan fingerprint density at radius 3 is 2.30 bits per heavy atom. The topological polar surface area (TPSA) is 66.5 Å². The molecule has 3 amide bonds. The Labute approximate surface area is 116 Å². The van der Waals surface area contributed by atoms with Crippen molar-refractivity contribution in [3.8, 4) is 0 Å². The molecule has 0 bridgehead atoms. The van der Waals surface area contributed by atoms with E-state index in [1.165, 1.54) is 0 Å². The molecule has 5 heteroatoms. The number of hydrogen-bond donors (Lipinski definition) is 1. The van der Waals surface area contributed by atoms with E-state index in [0.29, 0.717) is 31.5 Å². The van der Waals surface area contributed by atoms with Crippen LogP contribution >= 0.6 is 0 Å². The van der Waals surface area contributed by atoms with Crippen LogP contribution in [0.15, 0.2) is 30.3 Å². The lowest BCUT2D eigenvalue weighted by Crippen LogP contribution is -2.46. The predicted molar refractivity (Wildman–Crippen MR) is 71.8 cm³/mol. The van der Waals surface area contributed by atoms with Crippen molar-refractivity contribution >= 4 is 17.7 Å². The molecule has 1 aromatic carbocycles. The molecule has 0 saturated carbocycles. The summed E-state index contributed by atoms with van der Waals surface area (Å²) in [6.45, 7) is 1.04. The van der Waals surface area contributed by atoms with Crippen molar-refractivity contribution < 1.29 is 14.4 Å². The number of nitrogens with zero attached hydrogens (tertiary/aromatic N) is 1. The van der Waals surface area contributed by atoms with Crippen molar-refractivity contribution in [3.63, 3.8) is 0 Å². The SMILES string of the molecule is O=C1CC2(CCN(C(=O)c3ccccc3)CC2)C(=O)N1. The highest BCUT2D eigenvalue weighted by atomic mass is 16.2. The molecule has 104 valence electrons. The number of piperidine rings is 1. The van der Waals surface area contributed by atoms with Gasteiger partial charge < -0.3 is 4.90 Å². The van der Waals surface area contributed by atoms with Gasteiger partial charge in [0.05, 0.1) is 5.41 Å². The Morgan fingerprint density at radius 2 is 1.75 bits per heavy atom. The van der Waals surface area contributed by atoms with Gasteiger partial charge in [0.15, 0.2) is 0 Å². The standard InChI is InChI=1S/C15H16N2O3/c18-12-10-15(14(20)16-12)6-8-17(9-7-15)13(19)11-4-2-1-3-5-11/h1-5H,6-10H2,(H,16,18,20). The second kappa shape index (κ2) is 4.74. The molecular formula is C15H16N2O3. The highest BCUT2D eigenvalue weighted by Gasteiger charge is 2.48. The molecule has 2 saturated heterocycles. The van der Waals surface area contributed by atoms with E-state index in [2.05, 4.69) is 5.32 Å². The van der Waals surface area contributed by atoms with E-state index in [-0.39, 0.29) is 24.1 Å². The number of rotatable bonds is 1. The van der Waals surface area contributed by atoms with E-state index in [9.17, 15) is 14.4 Å². The first-order chi connectivity index (χ1) is 9.61. The molecule has 2 aliphatic rings. The van der Waals surface area contributed by atoms with Gasteiger partial charge in [-0.1, -0.05) is 18.2 Å². The summed E-state index contributed by atoms with van der Waals surface area (Å²) in [5, 5.41) is 2.37. The van der Waals surface area contributed by atoms with Crippen LogP contribution < -0.4 is 5.32 Å². The predicted octanol–water partition coefficient (Wildman–Crippen LogP) is 0.956. The highest BCUT2D eigenvalue weighted by Crippen LogP contribution is 2.38. The third-order valence-corrected chi connectivity index (χ3v) is 4.26. The number of hydrogen-bond acceptors (Lipinski definition) is 3. The molecule has 5 nitrogen and oxygen atoms in total. The average molecular weight is 272 g/mol. The summed E-state index contributed by atoms with van der Waals surface area (Å²) in [7, 11) is 0. The van der Waals surface area contributed by atoms with Gasteiger partial charge in [-0.25, -0.2) is 0 Å². The number of benzene rings is 1. The van der Waals surface area contributed by atoms with Crippen LogP contribution in [0.2, 0.25) is 0 Å². The van der Waals surface area contributed by atoms with Crippen molar-refractivity contribution in [2.75, 3.05) is 13.1 Å². The quantitative estimate of drug-likeness (QED) is 0.774. The molecule has 0 unspecified atom stereocenters. The summed E-state index contributed by atoms with van der Waals surface area (Å²) in [6, 6.07) is 9.12. The largest absolute Gasteiger partial charge is 0.339 e. The Balaban J connectivity index is 1.69. The fraction of sp³-hybridized carbons (Fsp3) is 0.400. The van der Waals surface area contributed by atoms with Crippen LogP contribution in [0, 0.1) is 5.41 Å². The molecule has 1 N–H and O–H groups in total. The molecular weight excluding hydrogens is 256 g/mol. The molecule has 2 heterocycles. The molecule has 3 rings (SSSR count). The summed E-state index contributed by atoms with van der Waals surface area (Å²) >= 11 is 0. The van der Waals surface area contributed by atoms with Gasteiger partial charge in [0, 0.05) is 25.1 Å². The van der Waals surface area contributed by atoms with E-state index >= 15 is 0 Å². The normalized spacial score (nSPS) is 21.1. The summed E-state index contributed by atoms with van der Waals surface area (Å²) in [6.07, 6.45) is 1.38. The Morgan fingerprint density at radius 1 is 1.10 bits per heavy atom. The van der Waals surface area contributed by atoms with E-state index in [4.69, 9.17) is 0 Å². The minimum absolute atomic E-state index is 0.00909. The molecule has 0 aliphatic carbocycles. The molecule has 0 aromatic heterocycles. The minimum Gasteiger partial charge on any atom is -0.339 e. The smallest absolute Gasteiger partial charge is 0.253 e. The van der Waals surface area contributed by atoms with Gasteiger partial charge in [0.2, 0.25) is 11.8 Å². The van der Waals surface area contributed by atoms with Gasteiger partial charge in [-0.2, -0.15) is 0 Å². The molecule has 20 heavy (non-hydrogen) atoms. The van der Waals surface area contributed by atoms with Gasteiger partial charge in [0.1, 0.15) is 0 Å². The molecule has 2 aliphatic heterocycles. The summed E-state index contributed by atoms with van der Waals surface area (Å²) in [5.74, 6) is -0.377. The number of nitrogens with one attached hydrogen (secondary N) is 1. The molecule has 0 radical (unpaired) electrons. The number of carbonyl (C=O) groups is 3. The zero-order valence-electron chi connectivity index (χ0n) is 11.1. The Kier molecular flexibility index (Phi) is 3.04. The van der Waals surface area contributed by atoms with Crippen LogP contribution in [0.1, 0.15) is 29.6 Å². The van der Waals surface area contributed by atoms with Crippen molar-refractivity contribution in [1.29, 1.82) is 0 Å². The summed E-state index contributed by atoms with van der Waals surface area (Å²) in [5.41, 5.74) is 0.0836. The number of carbonyl (C=O) groups excluding carboxylic acids is 3. The van der Waals surface area contributed by atoms with E-state index in [0.717, 1.165) is 0 Å². The zero-order chi connectivity index (χ0) is 14.2. The van der Waals surface area contributed by atoms with E-state index < -0.39 is 5.41 Å². The van der Waals surface area contributed by atoms with Crippen molar-refractivity contribution in [2.45, 2.75) is 19.3 Å². The van der Waals surface area contributed by atoms with Crippen LogP contribution in [-0.4, -0.2) is 35.7 Å². The summed E-state index contributed by atoms with van der Waals surface area (Å²) in [4.78, 5) is 37.3. The lowest BCUT2D eigenvalue weighted by Gasteiger charge is -2.36. The van der Waals surface area contributed by atoms with Crippen molar-refractivity contribution in [1.82, 2.24) is 10.2 Å². The van der Waals surface area contributed by atoms with Gasteiger partial charge >= 0.3 is 0 Å². The summed E-state index contributed by atoms with van der Waals surface area (Å²) < 4.78 is 0. The minimum atomic E-state index is -0.579. The third-order valence-electron chi connectivity index (χ3n) is 4.26. The second-order valence-electron chi connectivity index (χ2n) is 5.49. The van der Waals surface area contributed by atoms with E-state index in [1.54, 1.807) is 17.0 Å². The maximum Gasteiger partial charge on any atom is 0.253 e. The van der Waals surface area contributed by atoms with E-state index in [1.807, 2.05) is 18.2 Å². The van der Waals surface area contributed by atoms with Gasteiger partial charge in [-0.3, -0.25) is 19.7 Å². The lowest BCUT2D eigenvalue weighted by molar-refractivity contribution is -0.130. The van der Waals surface area contributed by atoms with Gasteiger partial charge in [-0.15, -0.1) is 0 Å².